The van der Waals surface area contributed by atoms with E-state index in [2.05, 4.69) is 19.2 Å². The Hall–Kier alpha value is -3.60. The molecule has 1 heterocycles. The van der Waals surface area contributed by atoms with Crippen LogP contribution in [0.5, 0.6) is 5.75 Å². The lowest BCUT2D eigenvalue weighted by atomic mass is 9.72. The Morgan fingerprint density at radius 2 is 1.75 bits per heavy atom. The first-order valence-corrected chi connectivity index (χ1v) is 10.7. The van der Waals surface area contributed by atoms with Crippen LogP contribution in [0.2, 0.25) is 0 Å². The molecule has 5 nitrogen and oxygen atoms in total. The van der Waals surface area contributed by atoms with Crippen LogP contribution in [0, 0.1) is 5.41 Å². The van der Waals surface area contributed by atoms with E-state index in [-0.39, 0.29) is 30.0 Å². The van der Waals surface area contributed by atoms with E-state index in [4.69, 9.17) is 9.47 Å². The maximum Gasteiger partial charge on any atom is 0.338 e. The third-order valence-corrected chi connectivity index (χ3v) is 5.75. The molecule has 1 unspecified atom stereocenters. The lowest BCUT2D eigenvalue weighted by Gasteiger charge is -2.41. The molecule has 0 amide bonds. The number of carbonyl (C=O) groups excluding carboxylic acids is 2. The highest BCUT2D eigenvalue weighted by atomic mass is 16.5. The molecule has 32 heavy (non-hydrogen) atoms. The Labute approximate surface area is 188 Å². The van der Waals surface area contributed by atoms with Crippen molar-refractivity contribution in [2.24, 2.45) is 5.41 Å². The highest BCUT2D eigenvalue weighted by molar-refractivity contribution is 5.89. The van der Waals surface area contributed by atoms with Crippen LogP contribution in [0.3, 0.4) is 0 Å². The fourth-order valence-corrected chi connectivity index (χ4v) is 4.25. The second-order valence-corrected chi connectivity index (χ2v) is 8.81. The number of anilines is 1. The number of esters is 2. The number of carbonyl (C=O) groups is 2. The Kier molecular flexibility index (Phi) is 5.99. The molecule has 3 aromatic rings. The minimum absolute atomic E-state index is 0.0754. The summed E-state index contributed by atoms with van der Waals surface area (Å²) >= 11 is 0. The van der Waals surface area contributed by atoms with E-state index >= 15 is 0 Å². The van der Waals surface area contributed by atoms with Gasteiger partial charge in [-0.25, -0.2) is 4.79 Å². The number of para-hydroxylation sites is 1. The highest BCUT2D eigenvalue weighted by Gasteiger charge is 2.37. The van der Waals surface area contributed by atoms with Gasteiger partial charge < -0.3 is 14.8 Å². The van der Waals surface area contributed by atoms with E-state index in [0.29, 0.717) is 11.3 Å². The summed E-state index contributed by atoms with van der Waals surface area (Å²) in [6.45, 7) is 6.00. The first-order valence-electron chi connectivity index (χ1n) is 10.7. The monoisotopic (exact) mass is 429 g/mol. The zero-order chi connectivity index (χ0) is 22.7. The van der Waals surface area contributed by atoms with Gasteiger partial charge in [0.25, 0.3) is 0 Å². The van der Waals surface area contributed by atoms with Crippen molar-refractivity contribution in [2.75, 3.05) is 5.32 Å². The Morgan fingerprint density at radius 1 is 1.00 bits per heavy atom. The molecular formula is C27H27NO4. The fraction of sp³-hybridized carbons (Fsp3) is 0.259. The number of benzene rings is 3. The minimum atomic E-state index is -0.357. The van der Waals surface area contributed by atoms with Gasteiger partial charge in [-0.1, -0.05) is 68.4 Å². The molecule has 4 rings (SSSR count). The van der Waals surface area contributed by atoms with Crippen LogP contribution in [0.25, 0.3) is 0 Å². The predicted octanol–water partition coefficient (Wildman–Crippen LogP) is 5.70. The average Bonchev–Trinajstić information content (AvgIpc) is 2.77. The normalized spacial score (nSPS) is 16.4. The zero-order valence-corrected chi connectivity index (χ0v) is 18.6. The van der Waals surface area contributed by atoms with Crippen molar-refractivity contribution in [3.63, 3.8) is 0 Å². The SMILES string of the molecule is CC(=O)Oc1cccc2c1NC(c1cccc(C(=O)OCc3ccccc3)c1)C(C)(C)C2. The van der Waals surface area contributed by atoms with E-state index in [1.54, 1.807) is 12.1 Å². The van der Waals surface area contributed by atoms with Crippen molar-refractivity contribution in [3.8, 4) is 5.75 Å². The number of rotatable bonds is 5. The van der Waals surface area contributed by atoms with E-state index in [0.717, 1.165) is 28.8 Å². The molecule has 0 bridgehead atoms. The quantitative estimate of drug-likeness (QED) is 0.416. The summed E-state index contributed by atoms with van der Waals surface area (Å²) in [5, 5.41) is 3.57. The molecule has 0 saturated heterocycles. The van der Waals surface area contributed by atoms with Crippen LogP contribution >= 0.6 is 0 Å². The summed E-state index contributed by atoms with van der Waals surface area (Å²) in [5.41, 5.74) is 4.23. The van der Waals surface area contributed by atoms with Crippen molar-refractivity contribution in [2.45, 2.75) is 39.8 Å². The number of nitrogens with one attached hydrogen (secondary N) is 1. The van der Waals surface area contributed by atoms with Gasteiger partial charge in [0.1, 0.15) is 6.61 Å². The molecule has 1 atom stereocenters. The molecule has 0 aliphatic carbocycles. The fourth-order valence-electron chi connectivity index (χ4n) is 4.25. The van der Waals surface area contributed by atoms with Crippen LogP contribution < -0.4 is 10.1 Å². The van der Waals surface area contributed by atoms with Crippen molar-refractivity contribution < 1.29 is 19.1 Å². The van der Waals surface area contributed by atoms with Crippen molar-refractivity contribution in [3.05, 3.63) is 95.1 Å². The first-order chi connectivity index (χ1) is 15.3. The molecule has 0 fully saturated rings. The second kappa shape index (κ2) is 8.87. The number of fused-ring (bicyclic) bond motifs is 1. The largest absolute Gasteiger partial charge is 0.457 e. The van der Waals surface area contributed by atoms with E-state index in [9.17, 15) is 9.59 Å². The molecule has 0 radical (unpaired) electrons. The lowest BCUT2D eigenvalue weighted by molar-refractivity contribution is -0.131. The standard InChI is InChI=1S/C27H27NO4/c1-18(29)32-23-14-8-13-22-16-27(2,3)25(28-24(22)23)20-11-7-12-21(15-20)26(30)31-17-19-9-5-4-6-10-19/h4-15,25,28H,16-17H2,1-3H3. The van der Waals surface area contributed by atoms with E-state index < -0.39 is 0 Å². The average molecular weight is 430 g/mol. The van der Waals surface area contributed by atoms with Crippen molar-refractivity contribution in [1.29, 1.82) is 0 Å². The maximum atomic E-state index is 12.7. The molecule has 1 aliphatic heterocycles. The molecule has 1 N–H and O–H groups in total. The van der Waals surface area contributed by atoms with Crippen LogP contribution in [-0.4, -0.2) is 11.9 Å². The number of ether oxygens (including phenoxy) is 2. The topological polar surface area (TPSA) is 64.6 Å². The summed E-state index contributed by atoms with van der Waals surface area (Å²) < 4.78 is 10.9. The molecule has 0 spiro atoms. The molecule has 0 aromatic heterocycles. The maximum absolute atomic E-state index is 12.7. The van der Waals surface area contributed by atoms with Gasteiger partial charge in [-0.15, -0.1) is 0 Å². The first kappa shape index (κ1) is 21.6. The summed E-state index contributed by atoms with van der Waals surface area (Å²) in [5.74, 6) is -0.191. The Morgan fingerprint density at radius 3 is 2.50 bits per heavy atom. The summed E-state index contributed by atoms with van der Waals surface area (Å²) in [4.78, 5) is 24.2. The summed E-state index contributed by atoms with van der Waals surface area (Å²) in [6.07, 6.45) is 0.803. The van der Waals surface area contributed by atoms with Gasteiger partial charge >= 0.3 is 11.9 Å². The molecule has 1 aliphatic rings. The third-order valence-electron chi connectivity index (χ3n) is 5.75. The van der Waals surface area contributed by atoms with Gasteiger partial charge in [0.15, 0.2) is 5.75 Å². The lowest BCUT2D eigenvalue weighted by Crippen LogP contribution is -2.35. The minimum Gasteiger partial charge on any atom is -0.457 e. The van der Waals surface area contributed by atoms with Gasteiger partial charge in [-0.05, 0) is 46.7 Å². The van der Waals surface area contributed by atoms with Gasteiger partial charge in [-0.2, -0.15) is 0 Å². The van der Waals surface area contributed by atoms with Gasteiger partial charge in [-0.3, -0.25) is 4.79 Å². The van der Waals surface area contributed by atoms with Crippen LogP contribution in [0.4, 0.5) is 5.69 Å². The number of hydrogen-bond donors (Lipinski definition) is 1. The van der Waals surface area contributed by atoms with Crippen LogP contribution in [-0.2, 0) is 22.6 Å². The predicted molar refractivity (Wildman–Crippen MR) is 124 cm³/mol. The van der Waals surface area contributed by atoms with Crippen molar-refractivity contribution in [1.82, 2.24) is 0 Å². The van der Waals surface area contributed by atoms with E-state index in [1.165, 1.54) is 6.92 Å². The molecule has 3 aromatic carbocycles. The molecule has 5 heteroatoms. The van der Waals surface area contributed by atoms with Crippen LogP contribution in [0.1, 0.15) is 53.9 Å². The number of hydrogen-bond acceptors (Lipinski definition) is 5. The summed E-state index contributed by atoms with van der Waals surface area (Å²) in [7, 11) is 0. The Bertz CT molecular complexity index is 1140. The second-order valence-electron chi connectivity index (χ2n) is 8.81. The summed E-state index contributed by atoms with van der Waals surface area (Å²) in [6, 6.07) is 22.8. The van der Waals surface area contributed by atoms with Gasteiger partial charge in [0.05, 0.1) is 17.3 Å². The van der Waals surface area contributed by atoms with Crippen molar-refractivity contribution >= 4 is 17.6 Å². The molecule has 0 saturated carbocycles. The van der Waals surface area contributed by atoms with E-state index in [1.807, 2.05) is 60.7 Å². The van der Waals surface area contributed by atoms with Crippen LogP contribution in [0.15, 0.2) is 72.8 Å². The molecular weight excluding hydrogens is 402 g/mol. The Balaban J connectivity index is 1.58. The smallest absolute Gasteiger partial charge is 0.338 e. The highest BCUT2D eigenvalue weighted by Crippen LogP contribution is 2.47. The van der Waals surface area contributed by atoms with Gasteiger partial charge in [0, 0.05) is 6.92 Å². The molecule has 164 valence electrons. The van der Waals surface area contributed by atoms with Gasteiger partial charge in [0.2, 0.25) is 0 Å². The third kappa shape index (κ3) is 4.67. The zero-order valence-electron chi connectivity index (χ0n) is 18.6.